The predicted molar refractivity (Wildman–Crippen MR) is 91.8 cm³/mol. The fourth-order valence-corrected chi connectivity index (χ4v) is 7.97. The molecule has 0 saturated heterocycles. The van der Waals surface area contributed by atoms with Gasteiger partial charge in [-0.05, 0) is 85.9 Å². The van der Waals surface area contributed by atoms with Gasteiger partial charge in [-0.2, -0.15) is 0 Å². The highest BCUT2D eigenvalue weighted by atomic mass is 79.9. The van der Waals surface area contributed by atoms with Gasteiger partial charge in [-0.25, -0.2) is 0 Å². The Kier molecular flexibility index (Phi) is 3.76. The zero-order valence-corrected chi connectivity index (χ0v) is 15.6. The second-order valence-corrected chi connectivity index (χ2v) is 10.4. The summed E-state index contributed by atoms with van der Waals surface area (Å²) in [6, 6.07) is 0. The van der Waals surface area contributed by atoms with E-state index in [-0.39, 0.29) is 12.2 Å². The average Bonchev–Trinajstić information content (AvgIpc) is 2.77. The molecule has 0 spiro atoms. The lowest BCUT2D eigenvalue weighted by molar-refractivity contribution is -0.167. The monoisotopic (exact) mass is 370 g/mol. The van der Waals surface area contributed by atoms with Crippen molar-refractivity contribution < 1.29 is 10.2 Å². The molecule has 0 radical (unpaired) electrons. The summed E-state index contributed by atoms with van der Waals surface area (Å²) in [5.41, 5.74) is 0.744. The van der Waals surface area contributed by atoms with Crippen LogP contribution in [0.1, 0.15) is 65.2 Å². The number of hydrogen-bond donors (Lipinski definition) is 2. The summed E-state index contributed by atoms with van der Waals surface area (Å²) >= 11 is 3.95. The van der Waals surface area contributed by atoms with Crippen molar-refractivity contribution in [3.8, 4) is 0 Å². The van der Waals surface area contributed by atoms with E-state index in [9.17, 15) is 10.2 Å². The maximum atomic E-state index is 11.0. The van der Waals surface area contributed by atoms with Crippen LogP contribution in [0.4, 0.5) is 0 Å². The lowest BCUT2D eigenvalue weighted by atomic mass is 9.44. The fraction of sp³-hybridized carbons (Fsp3) is 1.00. The van der Waals surface area contributed by atoms with Crippen LogP contribution in [0.3, 0.4) is 0 Å². The minimum absolute atomic E-state index is 0.130. The largest absolute Gasteiger partial charge is 0.393 e. The highest BCUT2D eigenvalue weighted by Gasteiger charge is 2.62. The van der Waals surface area contributed by atoms with Crippen molar-refractivity contribution in [1.29, 1.82) is 0 Å². The fourth-order valence-electron chi connectivity index (χ4n) is 7.14. The van der Waals surface area contributed by atoms with Gasteiger partial charge in [-0.3, -0.25) is 0 Å². The lowest BCUT2D eigenvalue weighted by Crippen LogP contribution is -2.58. The van der Waals surface area contributed by atoms with Gasteiger partial charge in [0.15, 0.2) is 0 Å². The molecular weight excluding hydrogens is 340 g/mol. The first kappa shape index (κ1) is 15.9. The molecule has 2 N–H and O–H groups in total. The number of fused-ring (bicyclic) bond motifs is 5. The first-order valence-corrected chi connectivity index (χ1v) is 10.3. The summed E-state index contributed by atoms with van der Waals surface area (Å²) in [5.74, 6) is 2.38. The molecule has 9 atom stereocenters. The number of rotatable bonds is 0. The Morgan fingerprint density at radius 1 is 0.864 bits per heavy atom. The van der Waals surface area contributed by atoms with E-state index in [1.54, 1.807) is 0 Å². The second-order valence-electron chi connectivity index (χ2n) is 9.31. The van der Waals surface area contributed by atoms with E-state index in [1.807, 2.05) is 0 Å². The van der Waals surface area contributed by atoms with Gasteiger partial charge < -0.3 is 10.2 Å². The first-order chi connectivity index (χ1) is 10.4. The molecule has 0 bridgehead atoms. The van der Waals surface area contributed by atoms with Crippen LogP contribution in [0.25, 0.3) is 0 Å². The Bertz CT molecular complexity index is 455. The lowest BCUT2D eigenvalue weighted by Gasteiger charge is -2.62. The van der Waals surface area contributed by atoms with Crippen molar-refractivity contribution >= 4 is 15.9 Å². The van der Waals surface area contributed by atoms with Crippen LogP contribution >= 0.6 is 15.9 Å². The van der Waals surface area contributed by atoms with Gasteiger partial charge in [0.25, 0.3) is 0 Å². The molecule has 126 valence electrons. The molecule has 0 aromatic heterocycles. The third-order valence-electron chi connectivity index (χ3n) is 8.54. The molecule has 0 heterocycles. The second kappa shape index (κ2) is 5.20. The average molecular weight is 371 g/mol. The van der Waals surface area contributed by atoms with Crippen LogP contribution in [-0.2, 0) is 0 Å². The number of aliphatic hydroxyl groups excluding tert-OH is 2. The van der Waals surface area contributed by atoms with E-state index in [1.165, 1.54) is 25.7 Å². The van der Waals surface area contributed by atoms with E-state index in [0.29, 0.717) is 39.3 Å². The van der Waals surface area contributed by atoms with Crippen LogP contribution in [0.5, 0.6) is 0 Å². The van der Waals surface area contributed by atoms with Gasteiger partial charge in [-0.1, -0.05) is 29.8 Å². The van der Waals surface area contributed by atoms with Crippen molar-refractivity contribution in [2.24, 2.45) is 34.5 Å². The van der Waals surface area contributed by atoms with E-state index >= 15 is 0 Å². The SMILES string of the molecule is C[C@]12CCC(O)CC1CC(O)[C@@H]1[C@H]2CC[C@]2(C)C(Br)CC[C@@H]12. The quantitative estimate of drug-likeness (QED) is 0.629. The van der Waals surface area contributed by atoms with E-state index in [0.717, 1.165) is 25.7 Å². The van der Waals surface area contributed by atoms with Crippen LogP contribution in [0.15, 0.2) is 0 Å². The molecule has 4 aliphatic carbocycles. The first-order valence-electron chi connectivity index (χ1n) is 9.36. The Hall–Kier alpha value is 0.400. The third-order valence-corrected chi connectivity index (χ3v) is 10.0. The van der Waals surface area contributed by atoms with Gasteiger partial charge in [0.05, 0.1) is 12.2 Å². The Morgan fingerprint density at radius 3 is 2.32 bits per heavy atom. The summed E-state index contributed by atoms with van der Waals surface area (Å²) in [6.45, 7) is 4.95. The van der Waals surface area contributed by atoms with Crippen LogP contribution in [0.2, 0.25) is 0 Å². The van der Waals surface area contributed by atoms with E-state index in [2.05, 4.69) is 29.8 Å². The number of alkyl halides is 1. The minimum atomic E-state index is -0.143. The Labute approximate surface area is 143 Å². The summed E-state index contributed by atoms with van der Waals surface area (Å²) < 4.78 is 0. The van der Waals surface area contributed by atoms with Gasteiger partial charge in [-0.15, -0.1) is 0 Å². The summed E-state index contributed by atoms with van der Waals surface area (Å²) in [4.78, 5) is 0.636. The standard InChI is InChI=1S/C19H31BrO2/c1-18-7-5-12(21)9-11(18)10-15(22)17-13-3-4-16(20)19(13,2)8-6-14(17)18/h11-17,21-22H,3-10H2,1-2H3/t11?,12?,13-,14+,15?,16?,17-,18-,19-/m0/s1. The molecule has 4 aliphatic rings. The molecular formula is C19H31BrO2. The minimum Gasteiger partial charge on any atom is -0.393 e. The van der Waals surface area contributed by atoms with Gasteiger partial charge in [0.1, 0.15) is 0 Å². The summed E-state index contributed by atoms with van der Waals surface area (Å²) in [7, 11) is 0. The molecule has 4 unspecified atom stereocenters. The highest BCUT2D eigenvalue weighted by Crippen LogP contribution is 2.67. The zero-order valence-electron chi connectivity index (χ0n) is 14.0. The van der Waals surface area contributed by atoms with Crippen LogP contribution < -0.4 is 0 Å². The van der Waals surface area contributed by atoms with Crippen molar-refractivity contribution in [2.75, 3.05) is 0 Å². The molecule has 0 aromatic carbocycles. The zero-order chi connectivity index (χ0) is 15.7. The van der Waals surface area contributed by atoms with Crippen molar-refractivity contribution in [3.63, 3.8) is 0 Å². The molecule has 4 saturated carbocycles. The maximum Gasteiger partial charge on any atom is 0.0577 e. The Balaban J connectivity index is 1.67. The van der Waals surface area contributed by atoms with Crippen molar-refractivity contribution in [1.82, 2.24) is 0 Å². The van der Waals surface area contributed by atoms with Gasteiger partial charge >= 0.3 is 0 Å². The molecule has 2 nitrogen and oxygen atoms in total. The van der Waals surface area contributed by atoms with E-state index in [4.69, 9.17) is 0 Å². The molecule has 0 amide bonds. The summed E-state index contributed by atoms with van der Waals surface area (Å²) in [5, 5.41) is 21.1. The Morgan fingerprint density at radius 2 is 1.55 bits per heavy atom. The van der Waals surface area contributed by atoms with Gasteiger partial charge in [0, 0.05) is 4.83 Å². The maximum absolute atomic E-state index is 11.0. The molecule has 4 rings (SSSR count). The molecule has 0 aromatic rings. The van der Waals surface area contributed by atoms with Crippen LogP contribution in [0, 0.1) is 34.5 Å². The topological polar surface area (TPSA) is 40.5 Å². The predicted octanol–water partition coefficient (Wildman–Crippen LogP) is 4.12. The molecule has 3 heteroatoms. The number of halogens is 1. The van der Waals surface area contributed by atoms with Crippen LogP contribution in [-0.4, -0.2) is 27.2 Å². The summed E-state index contributed by atoms with van der Waals surface area (Å²) in [6.07, 6.45) is 8.85. The molecule has 22 heavy (non-hydrogen) atoms. The van der Waals surface area contributed by atoms with Crippen molar-refractivity contribution in [3.05, 3.63) is 0 Å². The van der Waals surface area contributed by atoms with Gasteiger partial charge in [0.2, 0.25) is 0 Å². The van der Waals surface area contributed by atoms with E-state index < -0.39 is 0 Å². The molecule has 4 fully saturated rings. The normalized spacial score (nSPS) is 61.2. The number of aliphatic hydroxyl groups is 2. The molecule has 0 aliphatic heterocycles. The third kappa shape index (κ3) is 2.04. The smallest absolute Gasteiger partial charge is 0.0577 e. The highest BCUT2D eigenvalue weighted by molar-refractivity contribution is 9.09. The van der Waals surface area contributed by atoms with Crippen molar-refractivity contribution in [2.45, 2.75) is 82.2 Å². The number of hydrogen-bond acceptors (Lipinski definition) is 2.